The Morgan fingerprint density at radius 3 is 2.57 bits per heavy atom. The van der Waals surface area contributed by atoms with Crippen molar-refractivity contribution >= 4 is 28.7 Å². The lowest BCUT2D eigenvalue weighted by Crippen LogP contribution is -2.10. The van der Waals surface area contributed by atoms with Gasteiger partial charge in [-0.3, -0.25) is 10.1 Å². The number of methoxy groups -OCH3 is 1. The van der Waals surface area contributed by atoms with Crippen LogP contribution in [-0.2, 0) is 5.88 Å². The molecule has 6 heteroatoms. The van der Waals surface area contributed by atoms with Gasteiger partial charge in [-0.15, -0.1) is 11.6 Å². The van der Waals surface area contributed by atoms with Crippen LogP contribution in [-0.4, -0.2) is 19.1 Å². The zero-order valence-corrected chi connectivity index (χ0v) is 12.5. The quantitative estimate of drug-likeness (QED) is 0.474. The highest BCUT2D eigenvalue weighted by atomic mass is 35.5. The van der Waals surface area contributed by atoms with Crippen molar-refractivity contribution in [3.8, 4) is 5.75 Å². The molecule has 2 rings (SSSR count). The van der Waals surface area contributed by atoms with Crippen LogP contribution in [0.15, 0.2) is 42.5 Å². The maximum atomic E-state index is 10.9. The Balaban J connectivity index is 2.38. The van der Waals surface area contributed by atoms with Gasteiger partial charge in [0, 0.05) is 36.1 Å². The van der Waals surface area contributed by atoms with Gasteiger partial charge < -0.3 is 9.64 Å². The topological polar surface area (TPSA) is 55.6 Å². The summed E-state index contributed by atoms with van der Waals surface area (Å²) in [4.78, 5) is 12.4. The summed E-state index contributed by atoms with van der Waals surface area (Å²) in [5.41, 5.74) is 2.27. The van der Waals surface area contributed by atoms with Gasteiger partial charge in [0.1, 0.15) is 5.75 Å². The first-order valence-electron chi connectivity index (χ1n) is 6.28. The smallest absolute Gasteiger partial charge is 0.273 e. The number of ether oxygens (including phenoxy) is 1. The van der Waals surface area contributed by atoms with Crippen molar-refractivity contribution in [1.29, 1.82) is 0 Å². The fourth-order valence-corrected chi connectivity index (χ4v) is 2.25. The number of halogens is 1. The minimum Gasteiger partial charge on any atom is -0.497 e. The molecule has 21 heavy (non-hydrogen) atoms. The molecule has 0 radical (unpaired) electrons. The van der Waals surface area contributed by atoms with Crippen LogP contribution in [0.3, 0.4) is 0 Å². The van der Waals surface area contributed by atoms with Crippen LogP contribution in [0.4, 0.5) is 17.1 Å². The lowest BCUT2D eigenvalue weighted by molar-refractivity contribution is -0.385. The summed E-state index contributed by atoms with van der Waals surface area (Å²) >= 11 is 5.80. The van der Waals surface area contributed by atoms with Gasteiger partial charge in [-0.1, -0.05) is 6.07 Å². The summed E-state index contributed by atoms with van der Waals surface area (Å²) in [5, 5.41) is 10.9. The minimum atomic E-state index is -0.424. The number of benzene rings is 2. The highest BCUT2D eigenvalue weighted by Gasteiger charge is 2.15. The molecule has 0 bridgehead atoms. The molecule has 0 N–H and O–H groups in total. The van der Waals surface area contributed by atoms with Crippen LogP contribution in [0, 0.1) is 10.1 Å². The SMILES string of the molecule is COc1cccc(N(C)c2ccc([N+](=O)[O-])c(CCl)c2)c1. The summed E-state index contributed by atoms with van der Waals surface area (Å²) in [7, 11) is 3.49. The van der Waals surface area contributed by atoms with E-state index in [-0.39, 0.29) is 11.6 Å². The largest absolute Gasteiger partial charge is 0.497 e. The third kappa shape index (κ3) is 3.25. The molecule has 2 aromatic carbocycles. The number of anilines is 2. The molecular formula is C15H15ClN2O3. The Bertz CT molecular complexity index is 661. The fourth-order valence-electron chi connectivity index (χ4n) is 2.03. The van der Waals surface area contributed by atoms with E-state index in [9.17, 15) is 10.1 Å². The molecule has 2 aromatic rings. The summed E-state index contributed by atoms with van der Waals surface area (Å²) in [6.45, 7) is 0. The molecule has 0 saturated heterocycles. The van der Waals surface area contributed by atoms with E-state index in [1.807, 2.05) is 36.2 Å². The number of alkyl halides is 1. The van der Waals surface area contributed by atoms with E-state index in [4.69, 9.17) is 16.3 Å². The molecule has 0 aliphatic carbocycles. The molecule has 0 heterocycles. The van der Waals surface area contributed by atoms with Crippen molar-refractivity contribution in [2.45, 2.75) is 5.88 Å². The standard InChI is InChI=1S/C15H15ClN2O3/c1-17(12-4-3-5-14(9-12)21-2)13-6-7-15(18(19)20)11(8-13)10-16/h3-9H,10H2,1-2H3. The van der Waals surface area contributed by atoms with Gasteiger partial charge in [-0.2, -0.15) is 0 Å². The zero-order valence-electron chi connectivity index (χ0n) is 11.7. The molecular weight excluding hydrogens is 292 g/mol. The van der Waals surface area contributed by atoms with E-state index in [0.29, 0.717) is 5.56 Å². The second-order valence-corrected chi connectivity index (χ2v) is 4.73. The summed E-state index contributed by atoms with van der Waals surface area (Å²) < 4.78 is 5.20. The Kier molecular flexibility index (Phi) is 4.65. The Morgan fingerprint density at radius 2 is 1.95 bits per heavy atom. The van der Waals surface area contributed by atoms with E-state index in [1.54, 1.807) is 19.2 Å². The van der Waals surface area contributed by atoms with E-state index in [0.717, 1.165) is 17.1 Å². The highest BCUT2D eigenvalue weighted by molar-refractivity contribution is 6.17. The third-order valence-electron chi connectivity index (χ3n) is 3.23. The number of rotatable bonds is 5. The average Bonchev–Trinajstić information content (AvgIpc) is 2.53. The van der Waals surface area contributed by atoms with Gasteiger partial charge in [-0.05, 0) is 24.3 Å². The van der Waals surface area contributed by atoms with Crippen LogP contribution in [0.25, 0.3) is 0 Å². The number of nitrogens with zero attached hydrogens (tertiary/aromatic N) is 2. The van der Waals surface area contributed by atoms with Crippen LogP contribution in [0.1, 0.15) is 5.56 Å². The predicted molar refractivity (Wildman–Crippen MR) is 83.7 cm³/mol. The first kappa shape index (κ1) is 15.1. The van der Waals surface area contributed by atoms with Gasteiger partial charge in [0.25, 0.3) is 5.69 Å². The summed E-state index contributed by atoms with van der Waals surface area (Å²) in [6.07, 6.45) is 0. The summed E-state index contributed by atoms with van der Waals surface area (Å²) in [5.74, 6) is 0.842. The predicted octanol–water partition coefficient (Wildman–Crippen LogP) is 4.11. The van der Waals surface area contributed by atoms with Crippen molar-refractivity contribution < 1.29 is 9.66 Å². The molecule has 0 spiro atoms. The maximum absolute atomic E-state index is 10.9. The second kappa shape index (κ2) is 6.45. The molecule has 0 aliphatic rings. The molecule has 0 aromatic heterocycles. The zero-order chi connectivity index (χ0) is 15.4. The van der Waals surface area contributed by atoms with Gasteiger partial charge in [0.2, 0.25) is 0 Å². The van der Waals surface area contributed by atoms with Gasteiger partial charge in [-0.25, -0.2) is 0 Å². The summed E-state index contributed by atoms with van der Waals surface area (Å²) in [6, 6.07) is 12.5. The van der Waals surface area contributed by atoms with E-state index >= 15 is 0 Å². The first-order valence-corrected chi connectivity index (χ1v) is 6.81. The Labute approximate surface area is 127 Å². The van der Waals surface area contributed by atoms with Crippen LogP contribution < -0.4 is 9.64 Å². The average molecular weight is 307 g/mol. The molecule has 0 aliphatic heterocycles. The normalized spacial score (nSPS) is 10.2. The highest BCUT2D eigenvalue weighted by Crippen LogP contribution is 2.31. The van der Waals surface area contributed by atoms with Crippen molar-refractivity contribution in [3.05, 3.63) is 58.1 Å². The molecule has 0 fully saturated rings. The van der Waals surface area contributed by atoms with Crippen LogP contribution in [0.5, 0.6) is 5.75 Å². The van der Waals surface area contributed by atoms with Gasteiger partial charge in [0.05, 0.1) is 17.9 Å². The first-order chi connectivity index (χ1) is 10.1. The monoisotopic (exact) mass is 306 g/mol. The van der Waals surface area contributed by atoms with Crippen LogP contribution in [0.2, 0.25) is 0 Å². The van der Waals surface area contributed by atoms with Gasteiger partial charge in [0.15, 0.2) is 0 Å². The van der Waals surface area contributed by atoms with Crippen LogP contribution >= 0.6 is 11.6 Å². The third-order valence-corrected chi connectivity index (χ3v) is 3.52. The fraction of sp³-hybridized carbons (Fsp3) is 0.200. The molecule has 0 saturated carbocycles. The Hall–Kier alpha value is -2.27. The van der Waals surface area contributed by atoms with Crippen molar-refractivity contribution in [1.82, 2.24) is 0 Å². The number of nitro benzene ring substituents is 1. The lowest BCUT2D eigenvalue weighted by atomic mass is 10.1. The van der Waals surface area contributed by atoms with Gasteiger partial charge >= 0.3 is 0 Å². The Morgan fingerprint density at radius 1 is 1.24 bits per heavy atom. The van der Waals surface area contributed by atoms with Crippen molar-refractivity contribution in [2.24, 2.45) is 0 Å². The molecule has 110 valence electrons. The second-order valence-electron chi connectivity index (χ2n) is 4.46. The van der Waals surface area contributed by atoms with Crippen molar-refractivity contribution in [3.63, 3.8) is 0 Å². The number of hydrogen-bond donors (Lipinski definition) is 0. The van der Waals surface area contributed by atoms with E-state index < -0.39 is 4.92 Å². The molecule has 5 nitrogen and oxygen atoms in total. The van der Waals surface area contributed by atoms with Crippen molar-refractivity contribution in [2.75, 3.05) is 19.1 Å². The number of nitro groups is 1. The number of hydrogen-bond acceptors (Lipinski definition) is 4. The molecule has 0 unspecified atom stereocenters. The van der Waals surface area contributed by atoms with E-state index in [1.165, 1.54) is 6.07 Å². The molecule has 0 amide bonds. The minimum absolute atomic E-state index is 0.0350. The molecule has 0 atom stereocenters. The lowest BCUT2D eigenvalue weighted by Gasteiger charge is -2.20. The van der Waals surface area contributed by atoms with E-state index in [2.05, 4.69) is 0 Å². The maximum Gasteiger partial charge on any atom is 0.273 e.